The Morgan fingerprint density at radius 1 is 1.24 bits per heavy atom. The average molecular weight is 562 g/mol. The minimum Gasteiger partial charge on any atom is -0.458 e. The zero-order valence-corrected chi connectivity index (χ0v) is 23.8. The molecule has 6 rings (SSSR count). The van der Waals surface area contributed by atoms with Crippen LogP contribution in [-0.2, 0) is 34.8 Å². The molecule has 0 saturated carbocycles. The first kappa shape index (κ1) is 27.4. The van der Waals surface area contributed by atoms with Crippen molar-refractivity contribution in [3.8, 4) is 17.1 Å². The van der Waals surface area contributed by atoms with E-state index in [0.717, 1.165) is 29.4 Å². The van der Waals surface area contributed by atoms with Crippen LogP contribution in [0.1, 0.15) is 48.4 Å². The highest BCUT2D eigenvalue weighted by Gasteiger charge is 2.45. The van der Waals surface area contributed by atoms with Gasteiger partial charge in [0.1, 0.15) is 12.4 Å². The molecule has 5 heterocycles. The van der Waals surface area contributed by atoms with Crippen molar-refractivity contribution in [2.75, 3.05) is 34.2 Å². The number of carbonyl (C=O) groups excluding carboxylic acids is 2. The summed E-state index contributed by atoms with van der Waals surface area (Å²) in [5, 5.41) is 15.2. The van der Waals surface area contributed by atoms with Gasteiger partial charge in [-0.1, -0.05) is 6.92 Å². The molecule has 11 heteroatoms. The van der Waals surface area contributed by atoms with Crippen molar-refractivity contribution in [1.82, 2.24) is 24.7 Å². The van der Waals surface area contributed by atoms with Crippen LogP contribution < -0.4 is 15.6 Å². The lowest BCUT2D eigenvalue weighted by atomic mass is 9.86. The molecule has 41 heavy (non-hydrogen) atoms. The first-order valence-electron chi connectivity index (χ1n) is 14.1. The number of fused-ring (bicyclic) bond motifs is 5. The Hall–Kier alpha value is -3.80. The van der Waals surface area contributed by atoms with E-state index in [1.54, 1.807) is 28.5 Å². The van der Waals surface area contributed by atoms with E-state index in [-0.39, 0.29) is 35.8 Å². The Bertz CT molecular complexity index is 1620. The number of aliphatic hydroxyl groups is 1. The summed E-state index contributed by atoms with van der Waals surface area (Å²) >= 11 is 0. The zero-order valence-electron chi connectivity index (χ0n) is 23.8. The van der Waals surface area contributed by atoms with Crippen molar-refractivity contribution < 1.29 is 24.2 Å². The van der Waals surface area contributed by atoms with Crippen molar-refractivity contribution in [3.63, 3.8) is 0 Å². The smallest absolute Gasteiger partial charge is 0.415 e. The van der Waals surface area contributed by atoms with Gasteiger partial charge in [-0.2, -0.15) is 0 Å². The lowest BCUT2D eigenvalue weighted by Crippen LogP contribution is -2.45. The van der Waals surface area contributed by atoms with Gasteiger partial charge in [0.05, 0.1) is 29.0 Å². The Balaban J connectivity index is 1.40. The van der Waals surface area contributed by atoms with Crippen LogP contribution in [0.3, 0.4) is 0 Å². The van der Waals surface area contributed by atoms with Gasteiger partial charge in [0.25, 0.3) is 5.56 Å². The fourth-order valence-electron chi connectivity index (χ4n) is 6.18. The maximum absolute atomic E-state index is 13.5. The second kappa shape index (κ2) is 10.2. The van der Waals surface area contributed by atoms with Gasteiger partial charge in [0.15, 0.2) is 5.60 Å². The first-order valence-corrected chi connectivity index (χ1v) is 14.1. The van der Waals surface area contributed by atoms with Crippen LogP contribution in [0.2, 0.25) is 0 Å². The average Bonchev–Trinajstić information content (AvgIpc) is 3.33. The molecule has 1 fully saturated rings. The summed E-state index contributed by atoms with van der Waals surface area (Å²) in [7, 11) is 5.84. The number of hydrogen-bond acceptors (Lipinski definition) is 9. The van der Waals surface area contributed by atoms with E-state index in [1.165, 1.54) is 0 Å². The number of piperidine rings is 1. The van der Waals surface area contributed by atoms with E-state index in [9.17, 15) is 19.5 Å². The maximum atomic E-state index is 13.5. The number of hydrogen-bond donors (Lipinski definition) is 2. The van der Waals surface area contributed by atoms with E-state index in [4.69, 9.17) is 14.5 Å². The number of aromatic nitrogens is 2. The second-order valence-corrected chi connectivity index (χ2v) is 11.4. The molecular weight excluding hydrogens is 526 g/mol. The number of rotatable bonds is 5. The molecule has 11 nitrogen and oxygen atoms in total. The molecule has 0 spiro atoms. The molecule has 1 saturated heterocycles. The van der Waals surface area contributed by atoms with E-state index in [1.807, 2.05) is 38.2 Å². The molecule has 3 aromatic rings. The lowest BCUT2D eigenvalue weighted by molar-refractivity contribution is -0.172. The normalized spacial score (nSPS) is 20.1. The van der Waals surface area contributed by atoms with Gasteiger partial charge in [0.2, 0.25) is 0 Å². The molecule has 0 aliphatic carbocycles. The first-order chi connectivity index (χ1) is 19.6. The van der Waals surface area contributed by atoms with Gasteiger partial charge in [-0.3, -0.25) is 4.79 Å². The topological polar surface area (TPSA) is 126 Å². The monoisotopic (exact) mass is 561 g/mol. The van der Waals surface area contributed by atoms with Crippen molar-refractivity contribution in [2.24, 2.45) is 0 Å². The van der Waals surface area contributed by atoms with Gasteiger partial charge in [-0.25, -0.2) is 14.6 Å². The number of ether oxygens (including phenoxy) is 2. The molecule has 1 atom stereocenters. The SMILES string of the molecule is CC[C@@]1(O)C(=O)OCc2c1cc1n(c2=O)Cc2cc3c(CN(C)C)c(OC(=O)N4CCC(NC)CC4)ccc3nc2-1. The molecular formula is C30H35N5O6. The molecule has 0 unspecified atom stereocenters. The molecule has 1 amide bonds. The van der Waals surface area contributed by atoms with Gasteiger partial charge in [0, 0.05) is 47.8 Å². The second-order valence-electron chi connectivity index (χ2n) is 11.4. The van der Waals surface area contributed by atoms with Crippen LogP contribution in [0.25, 0.3) is 22.3 Å². The maximum Gasteiger partial charge on any atom is 0.415 e. The summed E-state index contributed by atoms with van der Waals surface area (Å²) in [5.41, 5.74) is 1.95. The molecule has 3 aliphatic heterocycles. The number of nitrogens with one attached hydrogen (secondary N) is 1. The fraction of sp³-hybridized carbons (Fsp3) is 0.467. The van der Waals surface area contributed by atoms with Crippen molar-refractivity contribution in [3.05, 3.63) is 56.9 Å². The molecule has 2 aromatic heterocycles. The highest BCUT2D eigenvalue weighted by molar-refractivity contribution is 5.90. The number of likely N-dealkylation sites (tertiary alicyclic amines) is 1. The standard InChI is InChI=1S/C30H35N5O6/c1-5-30(39)22-13-24-26-17(14-35(24)27(36)21(22)16-40-28(30)37)12-19-20(15-33(3)4)25(7-6-23(19)32-26)41-29(38)34-10-8-18(31-2)9-11-34/h6-7,12-13,18,31,39H,5,8-11,14-16H2,1-4H3/t30-/m0/s1. The van der Waals surface area contributed by atoms with E-state index < -0.39 is 11.6 Å². The van der Waals surface area contributed by atoms with Crippen LogP contribution >= 0.6 is 0 Å². The van der Waals surface area contributed by atoms with Gasteiger partial charge < -0.3 is 34.3 Å². The Kier molecular flexibility index (Phi) is 6.83. The van der Waals surface area contributed by atoms with E-state index >= 15 is 0 Å². The van der Waals surface area contributed by atoms with Crippen LogP contribution in [0, 0.1) is 0 Å². The molecule has 2 N–H and O–H groups in total. The quantitative estimate of drug-likeness (QED) is 0.353. The Labute approximate surface area is 237 Å². The van der Waals surface area contributed by atoms with Crippen LogP contribution in [0.15, 0.2) is 29.1 Å². The summed E-state index contributed by atoms with van der Waals surface area (Å²) in [6, 6.07) is 7.72. The number of nitrogens with zero attached hydrogens (tertiary/aromatic N) is 4. The molecule has 0 bridgehead atoms. The lowest BCUT2D eigenvalue weighted by Gasteiger charge is -2.31. The predicted molar refractivity (Wildman–Crippen MR) is 152 cm³/mol. The summed E-state index contributed by atoms with van der Waals surface area (Å²) in [6.45, 7) is 3.60. The van der Waals surface area contributed by atoms with Crippen LogP contribution in [0.4, 0.5) is 4.79 Å². The summed E-state index contributed by atoms with van der Waals surface area (Å²) in [5.74, 6) is -0.260. The number of carbonyl (C=O) groups is 2. The number of cyclic esters (lactones) is 1. The third-order valence-electron chi connectivity index (χ3n) is 8.59. The minimum atomic E-state index is -1.87. The number of esters is 1. The summed E-state index contributed by atoms with van der Waals surface area (Å²) in [4.78, 5) is 47.8. The van der Waals surface area contributed by atoms with Crippen molar-refractivity contribution in [1.29, 1.82) is 0 Å². The Morgan fingerprint density at radius 2 is 2.00 bits per heavy atom. The zero-order chi connectivity index (χ0) is 29.1. The molecule has 1 aromatic carbocycles. The minimum absolute atomic E-state index is 0.0859. The largest absolute Gasteiger partial charge is 0.458 e. The van der Waals surface area contributed by atoms with Gasteiger partial charge >= 0.3 is 12.1 Å². The van der Waals surface area contributed by atoms with Gasteiger partial charge in [-0.05, 0) is 64.7 Å². The predicted octanol–water partition coefficient (Wildman–Crippen LogP) is 2.32. The van der Waals surface area contributed by atoms with Crippen molar-refractivity contribution in [2.45, 2.75) is 57.5 Å². The number of pyridine rings is 2. The highest BCUT2D eigenvalue weighted by atomic mass is 16.6. The number of amides is 1. The fourth-order valence-corrected chi connectivity index (χ4v) is 6.18. The molecule has 3 aliphatic rings. The van der Waals surface area contributed by atoms with Gasteiger partial charge in [-0.15, -0.1) is 0 Å². The third kappa shape index (κ3) is 4.48. The van der Waals surface area contributed by atoms with E-state index in [0.29, 0.717) is 54.9 Å². The molecule has 0 radical (unpaired) electrons. The van der Waals surface area contributed by atoms with E-state index in [2.05, 4.69) is 5.32 Å². The molecule has 216 valence electrons. The third-order valence-corrected chi connectivity index (χ3v) is 8.59. The summed E-state index contributed by atoms with van der Waals surface area (Å²) < 4.78 is 12.7. The summed E-state index contributed by atoms with van der Waals surface area (Å²) in [6.07, 6.45) is 1.48. The van der Waals surface area contributed by atoms with Crippen LogP contribution in [0.5, 0.6) is 5.75 Å². The number of benzene rings is 1. The highest BCUT2D eigenvalue weighted by Crippen LogP contribution is 2.40. The van der Waals surface area contributed by atoms with Crippen LogP contribution in [-0.4, -0.2) is 76.8 Å². The van der Waals surface area contributed by atoms with Crippen molar-refractivity contribution >= 4 is 23.0 Å². The Morgan fingerprint density at radius 3 is 2.68 bits per heavy atom.